The molecule has 13 heavy (non-hydrogen) atoms. The predicted octanol–water partition coefficient (Wildman–Crippen LogP) is -0.246. The Labute approximate surface area is 76.0 Å². The number of amides is 1. The third kappa shape index (κ3) is 3.71. The summed E-state index contributed by atoms with van der Waals surface area (Å²) in [5.41, 5.74) is 2.58. The number of hydrogen-bond acceptors (Lipinski definition) is 3. The molecule has 1 fully saturated rings. The summed E-state index contributed by atoms with van der Waals surface area (Å²) in [5, 5.41) is 10.0. The minimum Gasteiger partial charge on any atom is -0.478 e. The molecule has 0 aromatic heterocycles. The van der Waals surface area contributed by atoms with E-state index >= 15 is 0 Å². The number of carbonyl (C=O) groups excluding carboxylic acids is 1. The van der Waals surface area contributed by atoms with Crippen molar-refractivity contribution in [2.45, 2.75) is 12.8 Å². The van der Waals surface area contributed by atoms with E-state index in [1.165, 1.54) is 0 Å². The van der Waals surface area contributed by atoms with Gasteiger partial charge in [-0.1, -0.05) is 0 Å². The van der Waals surface area contributed by atoms with Gasteiger partial charge in [-0.2, -0.15) is 0 Å². The van der Waals surface area contributed by atoms with Gasteiger partial charge in [0.1, 0.15) is 0 Å². The highest BCUT2D eigenvalue weighted by Gasteiger charge is 2.12. The van der Waals surface area contributed by atoms with Crippen LogP contribution in [0.2, 0.25) is 0 Å². The maximum atomic E-state index is 11.0. The van der Waals surface area contributed by atoms with Crippen molar-refractivity contribution < 1.29 is 14.7 Å². The fourth-order valence-corrected chi connectivity index (χ4v) is 1.17. The van der Waals surface area contributed by atoms with Gasteiger partial charge in [0.25, 0.3) is 5.91 Å². The van der Waals surface area contributed by atoms with Gasteiger partial charge in [0.2, 0.25) is 0 Å². The minimum atomic E-state index is -1.11. The topological polar surface area (TPSA) is 69.6 Å². The fourth-order valence-electron chi connectivity index (χ4n) is 1.17. The van der Waals surface area contributed by atoms with Crippen LogP contribution in [0.15, 0.2) is 12.2 Å². The highest BCUT2D eigenvalue weighted by atomic mass is 16.4. The van der Waals surface area contributed by atoms with Gasteiger partial charge in [0, 0.05) is 25.2 Å². The largest absolute Gasteiger partial charge is 0.478 e. The standard InChI is InChI=1S/C8H12N2O3/c11-7(3-4-8(12)13)9-10-5-1-2-6-10/h3-4H,1-2,5-6H2,(H,9,11)(H,12,13). The monoisotopic (exact) mass is 184 g/mol. The van der Waals surface area contributed by atoms with Crippen LogP contribution in [0.4, 0.5) is 0 Å². The van der Waals surface area contributed by atoms with Gasteiger partial charge in [-0.15, -0.1) is 0 Å². The van der Waals surface area contributed by atoms with Gasteiger partial charge in [-0.05, 0) is 12.8 Å². The van der Waals surface area contributed by atoms with Crippen LogP contribution in [0.5, 0.6) is 0 Å². The van der Waals surface area contributed by atoms with Crippen LogP contribution in [-0.2, 0) is 9.59 Å². The van der Waals surface area contributed by atoms with Gasteiger partial charge in [-0.3, -0.25) is 10.2 Å². The molecule has 0 aliphatic carbocycles. The normalized spacial score (nSPS) is 17.8. The summed E-state index contributed by atoms with van der Waals surface area (Å²) in [5.74, 6) is -1.50. The molecule has 1 rings (SSSR count). The van der Waals surface area contributed by atoms with E-state index in [9.17, 15) is 9.59 Å². The Morgan fingerprint density at radius 1 is 1.23 bits per heavy atom. The van der Waals surface area contributed by atoms with Crippen molar-refractivity contribution >= 4 is 11.9 Å². The Balaban J connectivity index is 2.28. The van der Waals surface area contributed by atoms with Crippen LogP contribution in [-0.4, -0.2) is 35.1 Å². The minimum absolute atomic E-state index is 0.385. The summed E-state index contributed by atoms with van der Waals surface area (Å²) in [6, 6.07) is 0. The maximum Gasteiger partial charge on any atom is 0.328 e. The van der Waals surface area contributed by atoms with Crippen molar-refractivity contribution in [2.75, 3.05) is 13.1 Å². The van der Waals surface area contributed by atoms with E-state index in [0.29, 0.717) is 0 Å². The number of carboxylic acid groups (broad SMARTS) is 1. The summed E-state index contributed by atoms with van der Waals surface area (Å²) in [4.78, 5) is 21.1. The molecule has 0 aromatic carbocycles. The number of carboxylic acids is 1. The van der Waals surface area contributed by atoms with E-state index in [1.54, 1.807) is 5.01 Å². The first-order chi connectivity index (χ1) is 6.18. The molecule has 0 bridgehead atoms. The number of hydrogen-bond donors (Lipinski definition) is 2. The Kier molecular flexibility index (Phi) is 3.45. The second kappa shape index (κ2) is 4.61. The average molecular weight is 184 g/mol. The van der Waals surface area contributed by atoms with Crippen LogP contribution in [0.1, 0.15) is 12.8 Å². The summed E-state index contributed by atoms with van der Waals surface area (Å²) >= 11 is 0. The van der Waals surface area contributed by atoms with E-state index in [-0.39, 0.29) is 5.91 Å². The second-order valence-corrected chi connectivity index (χ2v) is 2.84. The molecule has 1 amide bonds. The molecule has 1 heterocycles. The molecule has 0 radical (unpaired) electrons. The van der Waals surface area contributed by atoms with E-state index in [1.807, 2.05) is 0 Å². The van der Waals surface area contributed by atoms with Gasteiger partial charge in [0.15, 0.2) is 0 Å². The molecule has 1 aliphatic heterocycles. The first-order valence-electron chi connectivity index (χ1n) is 4.15. The number of nitrogens with one attached hydrogen (secondary N) is 1. The molecular formula is C8H12N2O3. The molecule has 0 unspecified atom stereocenters. The van der Waals surface area contributed by atoms with Crippen molar-refractivity contribution in [2.24, 2.45) is 0 Å². The summed E-state index contributed by atoms with van der Waals surface area (Å²) in [6.07, 6.45) is 3.98. The lowest BCUT2D eigenvalue weighted by Gasteiger charge is -2.13. The van der Waals surface area contributed by atoms with E-state index < -0.39 is 5.97 Å². The van der Waals surface area contributed by atoms with Crippen molar-refractivity contribution in [1.82, 2.24) is 10.4 Å². The molecule has 72 valence electrons. The molecule has 0 atom stereocenters. The first-order valence-corrected chi connectivity index (χ1v) is 4.15. The Morgan fingerprint density at radius 2 is 1.85 bits per heavy atom. The van der Waals surface area contributed by atoms with Crippen LogP contribution in [0.25, 0.3) is 0 Å². The van der Waals surface area contributed by atoms with Gasteiger partial charge in [-0.25, -0.2) is 9.80 Å². The summed E-state index contributed by atoms with van der Waals surface area (Å²) < 4.78 is 0. The fraction of sp³-hybridized carbons (Fsp3) is 0.500. The zero-order valence-electron chi connectivity index (χ0n) is 7.19. The number of nitrogens with zero attached hydrogens (tertiary/aromatic N) is 1. The first kappa shape index (κ1) is 9.73. The van der Waals surface area contributed by atoms with Crippen LogP contribution < -0.4 is 5.43 Å². The van der Waals surface area contributed by atoms with Crippen molar-refractivity contribution in [3.05, 3.63) is 12.2 Å². The summed E-state index contributed by atoms with van der Waals surface area (Å²) in [7, 11) is 0. The smallest absolute Gasteiger partial charge is 0.328 e. The molecule has 0 aromatic rings. The zero-order chi connectivity index (χ0) is 9.68. The summed E-state index contributed by atoms with van der Waals surface area (Å²) in [6.45, 7) is 1.68. The number of rotatable bonds is 3. The van der Waals surface area contributed by atoms with Gasteiger partial charge < -0.3 is 5.11 Å². The van der Waals surface area contributed by atoms with Crippen molar-refractivity contribution in [3.8, 4) is 0 Å². The quantitative estimate of drug-likeness (QED) is 0.593. The Morgan fingerprint density at radius 3 is 2.38 bits per heavy atom. The van der Waals surface area contributed by atoms with Crippen LogP contribution in [0, 0.1) is 0 Å². The SMILES string of the molecule is O=C(O)C=CC(=O)NN1CCCC1. The molecule has 0 saturated carbocycles. The Bertz CT molecular complexity index is 232. The predicted molar refractivity (Wildman–Crippen MR) is 45.7 cm³/mol. The van der Waals surface area contributed by atoms with Crippen molar-refractivity contribution in [3.63, 3.8) is 0 Å². The zero-order valence-corrected chi connectivity index (χ0v) is 7.19. The van der Waals surface area contributed by atoms with E-state index in [4.69, 9.17) is 5.11 Å². The average Bonchev–Trinajstić information content (AvgIpc) is 2.53. The highest BCUT2D eigenvalue weighted by Crippen LogP contribution is 2.03. The Hall–Kier alpha value is -1.36. The molecule has 1 saturated heterocycles. The molecule has 5 heteroatoms. The lowest BCUT2D eigenvalue weighted by Crippen LogP contribution is -2.39. The van der Waals surface area contributed by atoms with Gasteiger partial charge in [0.05, 0.1) is 0 Å². The molecule has 2 N–H and O–H groups in total. The second-order valence-electron chi connectivity index (χ2n) is 2.84. The van der Waals surface area contributed by atoms with Crippen LogP contribution >= 0.6 is 0 Å². The lowest BCUT2D eigenvalue weighted by molar-refractivity contribution is -0.132. The third-order valence-electron chi connectivity index (χ3n) is 1.75. The maximum absolute atomic E-state index is 11.0. The number of carbonyl (C=O) groups is 2. The molecule has 0 spiro atoms. The van der Waals surface area contributed by atoms with Crippen molar-refractivity contribution in [1.29, 1.82) is 0 Å². The lowest BCUT2D eigenvalue weighted by atomic mass is 10.4. The molecule has 5 nitrogen and oxygen atoms in total. The van der Waals surface area contributed by atoms with E-state index in [0.717, 1.165) is 38.1 Å². The van der Waals surface area contributed by atoms with Gasteiger partial charge >= 0.3 is 5.97 Å². The molecule has 1 aliphatic rings. The number of hydrazine groups is 1. The van der Waals surface area contributed by atoms with E-state index in [2.05, 4.69) is 5.43 Å². The third-order valence-corrected chi connectivity index (χ3v) is 1.75. The molecular weight excluding hydrogens is 172 g/mol. The van der Waals surface area contributed by atoms with Crippen LogP contribution in [0.3, 0.4) is 0 Å². The number of aliphatic carboxylic acids is 1. The highest BCUT2D eigenvalue weighted by molar-refractivity contribution is 5.93.